The van der Waals surface area contributed by atoms with Crippen molar-refractivity contribution >= 4 is 16.7 Å². The van der Waals surface area contributed by atoms with Gasteiger partial charge in [-0.1, -0.05) is 18.2 Å². The lowest BCUT2D eigenvalue weighted by Gasteiger charge is -2.35. The summed E-state index contributed by atoms with van der Waals surface area (Å²) < 4.78 is 5.61. The minimum Gasteiger partial charge on any atom is -0.492 e. The van der Waals surface area contributed by atoms with Crippen LogP contribution in [0.4, 0.5) is 5.69 Å². The van der Waals surface area contributed by atoms with Gasteiger partial charge in [-0.15, -0.1) is 0 Å². The number of aryl methyl sites for hydroxylation is 1. The number of hydrogen-bond acceptors (Lipinski definition) is 5. The number of rotatable bonds is 6. The molecule has 2 aromatic carbocycles. The number of benzene rings is 2. The van der Waals surface area contributed by atoms with Crippen molar-refractivity contribution < 1.29 is 4.74 Å². The first kappa shape index (κ1) is 21.5. The maximum atomic E-state index is 5.61. The number of nitrogens with one attached hydrogen (secondary N) is 1. The highest BCUT2D eigenvalue weighted by Gasteiger charge is 2.16. The molecule has 0 aliphatic carbocycles. The van der Waals surface area contributed by atoms with Crippen LogP contribution in [0.5, 0.6) is 5.75 Å². The van der Waals surface area contributed by atoms with E-state index in [2.05, 4.69) is 65.2 Å². The lowest BCUT2D eigenvalue weighted by molar-refractivity contribution is 0.312. The number of hydrogen-bond donors (Lipinski definition) is 2. The number of likely N-dealkylation sites (N-methyl/N-ethyl adjacent to an activating group) is 1. The fraction of sp³-hybridized carbons (Fsp3) is 0.296. The summed E-state index contributed by atoms with van der Waals surface area (Å²) in [5, 5.41) is 1.11. The van der Waals surface area contributed by atoms with Crippen molar-refractivity contribution in [3.05, 3.63) is 66.5 Å². The molecule has 4 aromatic rings. The maximum absolute atomic E-state index is 5.61. The molecule has 0 radical (unpaired) electrons. The van der Waals surface area contributed by atoms with Crippen LogP contribution in [-0.4, -0.2) is 61.2 Å². The summed E-state index contributed by atoms with van der Waals surface area (Å²) in [7, 11) is 2.19. The zero-order valence-corrected chi connectivity index (χ0v) is 19.3. The van der Waals surface area contributed by atoms with Crippen LogP contribution in [0.1, 0.15) is 5.56 Å². The Morgan fingerprint density at radius 1 is 0.970 bits per heavy atom. The molecule has 2 aromatic heterocycles. The molecule has 170 valence electrons. The van der Waals surface area contributed by atoms with Gasteiger partial charge in [0.15, 0.2) is 0 Å². The Morgan fingerprint density at radius 2 is 1.73 bits per heavy atom. The summed E-state index contributed by atoms with van der Waals surface area (Å²) in [6.45, 7) is 7.61. The molecule has 3 N–H and O–H groups in total. The van der Waals surface area contributed by atoms with E-state index in [1.165, 1.54) is 16.8 Å². The quantitative estimate of drug-likeness (QED) is 0.467. The fourth-order valence-corrected chi connectivity index (χ4v) is 4.54. The predicted octanol–water partition coefficient (Wildman–Crippen LogP) is 4.29. The van der Waals surface area contributed by atoms with E-state index in [4.69, 9.17) is 15.5 Å². The zero-order valence-electron chi connectivity index (χ0n) is 19.3. The van der Waals surface area contributed by atoms with Gasteiger partial charge in [-0.05, 0) is 61.0 Å². The Hall–Kier alpha value is -3.35. The molecular formula is C27H31N5O. The summed E-state index contributed by atoms with van der Waals surface area (Å²) in [5.41, 5.74) is 13.6. The molecule has 6 nitrogen and oxygen atoms in total. The Balaban J connectivity index is 1.43. The van der Waals surface area contributed by atoms with Crippen LogP contribution in [0, 0.1) is 6.92 Å². The number of anilines is 1. The van der Waals surface area contributed by atoms with E-state index < -0.39 is 0 Å². The van der Waals surface area contributed by atoms with Gasteiger partial charge in [0.25, 0.3) is 0 Å². The molecular weight excluding hydrogens is 410 g/mol. The number of nitrogens with zero attached hydrogens (tertiary/aromatic N) is 3. The van der Waals surface area contributed by atoms with E-state index in [0.29, 0.717) is 13.2 Å². The highest BCUT2D eigenvalue weighted by molar-refractivity contribution is 5.96. The first-order valence-electron chi connectivity index (χ1n) is 11.6. The molecule has 1 saturated heterocycles. The minimum atomic E-state index is 0.508. The monoisotopic (exact) mass is 441 g/mol. The third-order valence-corrected chi connectivity index (χ3v) is 6.46. The maximum Gasteiger partial charge on any atom is 0.137 e. The highest BCUT2D eigenvalue weighted by atomic mass is 16.5. The van der Waals surface area contributed by atoms with Crippen molar-refractivity contribution in [3.63, 3.8) is 0 Å². The molecule has 1 fully saturated rings. The number of fused-ring (bicyclic) bond motifs is 1. The summed E-state index contributed by atoms with van der Waals surface area (Å²) in [4.78, 5) is 12.9. The van der Waals surface area contributed by atoms with Crippen LogP contribution in [-0.2, 0) is 0 Å². The topological polar surface area (TPSA) is 70.4 Å². The van der Waals surface area contributed by atoms with Crippen LogP contribution < -0.4 is 15.4 Å². The number of pyridine rings is 1. The van der Waals surface area contributed by atoms with Crippen LogP contribution in [0.15, 0.2) is 60.9 Å². The van der Waals surface area contributed by atoms with Gasteiger partial charge in [-0.3, -0.25) is 0 Å². The number of H-pyrrole nitrogens is 1. The number of piperazine rings is 1. The van der Waals surface area contributed by atoms with Crippen molar-refractivity contribution in [2.45, 2.75) is 6.92 Å². The Bertz CT molecular complexity index is 1240. The second-order valence-electron chi connectivity index (χ2n) is 8.78. The van der Waals surface area contributed by atoms with E-state index in [9.17, 15) is 0 Å². The van der Waals surface area contributed by atoms with Crippen LogP contribution in [0.3, 0.4) is 0 Å². The van der Waals surface area contributed by atoms with E-state index in [1.807, 2.05) is 24.5 Å². The second-order valence-corrected chi connectivity index (χ2v) is 8.78. The molecule has 0 bridgehead atoms. The van der Waals surface area contributed by atoms with E-state index in [1.54, 1.807) is 0 Å². The predicted molar refractivity (Wildman–Crippen MR) is 136 cm³/mol. The first-order chi connectivity index (χ1) is 16.1. The summed E-state index contributed by atoms with van der Waals surface area (Å²) >= 11 is 0. The molecule has 3 heterocycles. The largest absolute Gasteiger partial charge is 0.492 e. The third-order valence-electron chi connectivity index (χ3n) is 6.46. The van der Waals surface area contributed by atoms with Crippen molar-refractivity contribution in [1.82, 2.24) is 14.9 Å². The van der Waals surface area contributed by atoms with E-state index in [-0.39, 0.29) is 0 Å². The lowest BCUT2D eigenvalue weighted by Crippen LogP contribution is -2.44. The van der Waals surface area contributed by atoms with Crippen LogP contribution in [0.25, 0.3) is 33.3 Å². The molecule has 0 saturated carbocycles. The number of aromatic amines is 1. The van der Waals surface area contributed by atoms with Gasteiger partial charge in [-0.25, -0.2) is 4.98 Å². The number of ether oxygens (including phenoxy) is 1. The van der Waals surface area contributed by atoms with Crippen LogP contribution in [0.2, 0.25) is 0 Å². The number of nitrogens with two attached hydrogens (primary N) is 1. The Morgan fingerprint density at radius 3 is 2.45 bits per heavy atom. The van der Waals surface area contributed by atoms with E-state index >= 15 is 0 Å². The van der Waals surface area contributed by atoms with Crippen molar-refractivity contribution in [1.29, 1.82) is 0 Å². The van der Waals surface area contributed by atoms with E-state index in [0.717, 1.165) is 59.7 Å². The molecule has 0 spiro atoms. The molecule has 0 unspecified atom stereocenters. The third kappa shape index (κ3) is 4.45. The molecule has 33 heavy (non-hydrogen) atoms. The van der Waals surface area contributed by atoms with Crippen molar-refractivity contribution in [3.8, 4) is 28.0 Å². The van der Waals surface area contributed by atoms with Gasteiger partial charge in [0.1, 0.15) is 18.0 Å². The highest BCUT2D eigenvalue weighted by Crippen LogP contribution is 2.33. The molecule has 1 aliphatic heterocycles. The van der Waals surface area contributed by atoms with Gasteiger partial charge in [-0.2, -0.15) is 0 Å². The second kappa shape index (κ2) is 9.25. The summed E-state index contributed by atoms with van der Waals surface area (Å²) in [6, 6.07) is 17.1. The smallest absolute Gasteiger partial charge is 0.137 e. The van der Waals surface area contributed by atoms with Gasteiger partial charge in [0.05, 0.1) is 0 Å². The fourth-order valence-electron chi connectivity index (χ4n) is 4.54. The zero-order chi connectivity index (χ0) is 22.8. The van der Waals surface area contributed by atoms with Crippen molar-refractivity contribution in [2.75, 3.05) is 51.3 Å². The summed E-state index contributed by atoms with van der Waals surface area (Å²) in [6.07, 6.45) is 3.98. The van der Waals surface area contributed by atoms with Gasteiger partial charge in [0, 0.05) is 67.3 Å². The lowest BCUT2D eigenvalue weighted by atomic mass is 10.00. The summed E-state index contributed by atoms with van der Waals surface area (Å²) in [5.74, 6) is 0.832. The SMILES string of the molecule is Cc1cc(-c2cnc3[nH]cc(-c4ccc(OCCN)cc4)c3c2)ccc1N1CCN(C)CC1. The molecule has 5 rings (SSSR count). The minimum absolute atomic E-state index is 0.508. The standard InChI is InChI=1S/C27H31N5O/c1-19-15-21(5-8-26(19)32-12-10-31(2)11-13-32)22-16-24-25(18-30-27(24)29-17-22)20-3-6-23(7-4-20)33-14-9-28/h3-8,15-18H,9-14,28H2,1-2H3,(H,29,30). The molecule has 0 amide bonds. The Kier molecular flexibility index (Phi) is 6.03. The average Bonchev–Trinajstić information content (AvgIpc) is 3.27. The molecule has 0 atom stereocenters. The normalized spacial score (nSPS) is 14.7. The van der Waals surface area contributed by atoms with Gasteiger partial charge in [0.2, 0.25) is 0 Å². The van der Waals surface area contributed by atoms with Gasteiger partial charge < -0.3 is 25.3 Å². The Labute approximate surface area is 195 Å². The number of aromatic nitrogens is 2. The first-order valence-corrected chi connectivity index (χ1v) is 11.6. The van der Waals surface area contributed by atoms with Crippen molar-refractivity contribution in [2.24, 2.45) is 5.73 Å². The van der Waals surface area contributed by atoms with Crippen LogP contribution >= 0.6 is 0 Å². The molecule has 1 aliphatic rings. The van der Waals surface area contributed by atoms with Gasteiger partial charge >= 0.3 is 0 Å². The average molecular weight is 442 g/mol. The molecule has 6 heteroatoms.